The van der Waals surface area contributed by atoms with E-state index in [4.69, 9.17) is 0 Å². The Labute approximate surface area is 207 Å². The zero-order valence-electron chi connectivity index (χ0n) is 16.6. The molecular formula is C20H20FeN2NaO6+2. The van der Waals surface area contributed by atoms with Crippen molar-refractivity contribution in [2.75, 3.05) is 26.2 Å². The summed E-state index contributed by atoms with van der Waals surface area (Å²) in [4.78, 5) is 25.1. The van der Waals surface area contributed by atoms with Crippen LogP contribution in [0.3, 0.4) is 0 Å². The van der Waals surface area contributed by atoms with Crippen LogP contribution in [0.1, 0.15) is 11.1 Å². The van der Waals surface area contributed by atoms with Crippen LogP contribution in [0.2, 0.25) is 0 Å². The summed E-state index contributed by atoms with van der Waals surface area (Å²) in [5.74, 6) is -3.03. The average Bonchev–Trinajstić information content (AvgIpc) is 2.62. The maximum Gasteiger partial charge on any atom is 5.00 e. The van der Waals surface area contributed by atoms with Gasteiger partial charge in [-0.15, -0.1) is 11.5 Å². The summed E-state index contributed by atoms with van der Waals surface area (Å²) in [5.41, 5.74) is 0.861. The van der Waals surface area contributed by atoms with Gasteiger partial charge in [-0.25, -0.2) is 0 Å². The average molecular weight is 463 g/mol. The third-order valence-corrected chi connectivity index (χ3v) is 4.17. The first kappa shape index (κ1) is 28.4. The Bertz CT molecular complexity index is 756. The van der Waals surface area contributed by atoms with Crippen LogP contribution in [0.25, 0.3) is 0 Å². The summed E-state index contributed by atoms with van der Waals surface area (Å²) < 4.78 is 0. The van der Waals surface area contributed by atoms with Crippen molar-refractivity contribution in [1.82, 2.24) is 9.80 Å². The fraction of sp³-hybridized carbons (Fsp3) is 0.300. The van der Waals surface area contributed by atoms with Gasteiger partial charge < -0.3 is 30.0 Å². The first-order valence-corrected chi connectivity index (χ1v) is 8.69. The Morgan fingerprint density at radius 2 is 1.03 bits per heavy atom. The van der Waals surface area contributed by atoms with Crippen molar-refractivity contribution in [3.63, 3.8) is 0 Å². The molecule has 153 valence electrons. The summed E-state index contributed by atoms with van der Waals surface area (Å²) in [6.07, 6.45) is 0. The molecule has 0 heterocycles. The Balaban J connectivity index is 0.00000420. The Kier molecular flexibility index (Phi) is 13.7. The molecule has 0 atom stereocenters. The minimum atomic E-state index is -1.31. The molecule has 0 N–H and O–H groups in total. The Morgan fingerprint density at radius 1 is 0.700 bits per heavy atom. The second kappa shape index (κ2) is 14.4. The molecule has 2 aromatic carbocycles. The van der Waals surface area contributed by atoms with Gasteiger partial charge in [0, 0.05) is 39.3 Å². The van der Waals surface area contributed by atoms with Crippen LogP contribution in [-0.2, 0) is 39.7 Å². The molecule has 10 heteroatoms. The topological polar surface area (TPSA) is 133 Å². The van der Waals surface area contributed by atoms with Crippen LogP contribution in [-0.4, -0.2) is 47.9 Å². The van der Waals surface area contributed by atoms with Gasteiger partial charge in [0.05, 0.1) is 11.9 Å². The normalized spacial score (nSPS) is 10.3. The van der Waals surface area contributed by atoms with Gasteiger partial charge in [-0.05, 0) is 11.1 Å². The van der Waals surface area contributed by atoms with E-state index >= 15 is 0 Å². The van der Waals surface area contributed by atoms with Crippen LogP contribution in [0.15, 0.2) is 48.5 Å². The van der Waals surface area contributed by atoms with Crippen LogP contribution >= 0.6 is 0 Å². The molecule has 0 saturated heterocycles. The van der Waals surface area contributed by atoms with Gasteiger partial charge in [0.25, 0.3) is 0 Å². The number of carbonyl (C=O) groups excluding carboxylic acids is 2. The van der Waals surface area contributed by atoms with Gasteiger partial charge in [0.1, 0.15) is 0 Å². The third kappa shape index (κ3) is 9.95. The van der Waals surface area contributed by atoms with Gasteiger partial charge in [0.15, 0.2) is 0 Å². The summed E-state index contributed by atoms with van der Waals surface area (Å²) in [7, 11) is 0. The number of para-hydroxylation sites is 2. The maximum absolute atomic E-state index is 11.9. The predicted octanol–water partition coefficient (Wildman–Crippen LogP) is -5.36. The zero-order valence-corrected chi connectivity index (χ0v) is 19.7. The molecule has 30 heavy (non-hydrogen) atoms. The number of carbonyl (C=O) groups is 2. The van der Waals surface area contributed by atoms with Crippen molar-refractivity contribution in [3.05, 3.63) is 59.7 Å². The van der Waals surface area contributed by atoms with E-state index in [1.807, 2.05) is 0 Å². The predicted molar refractivity (Wildman–Crippen MR) is 92.3 cm³/mol. The number of hydrogen-bond acceptors (Lipinski definition) is 8. The molecule has 0 spiro atoms. The molecule has 0 bridgehead atoms. The van der Waals surface area contributed by atoms with Gasteiger partial charge >= 0.3 is 46.6 Å². The van der Waals surface area contributed by atoms with Crippen molar-refractivity contribution >= 4 is 11.9 Å². The molecule has 0 unspecified atom stereocenters. The molecule has 0 amide bonds. The van der Waals surface area contributed by atoms with E-state index in [2.05, 4.69) is 0 Å². The van der Waals surface area contributed by atoms with E-state index in [9.17, 15) is 30.0 Å². The molecule has 0 aromatic heterocycles. The summed E-state index contributed by atoms with van der Waals surface area (Å²) in [5, 5.41) is 45.9. The summed E-state index contributed by atoms with van der Waals surface area (Å²) in [6.45, 7) is -0.319. The first-order chi connectivity index (χ1) is 13.3. The fourth-order valence-corrected chi connectivity index (χ4v) is 2.83. The van der Waals surface area contributed by atoms with Gasteiger partial charge in [0.2, 0.25) is 0 Å². The molecule has 0 saturated carbocycles. The van der Waals surface area contributed by atoms with Crippen molar-refractivity contribution in [3.8, 4) is 11.5 Å². The molecule has 2 rings (SSSR count). The number of rotatable bonds is 11. The first-order valence-electron chi connectivity index (χ1n) is 8.69. The number of hydrogen-bond donors (Lipinski definition) is 0. The van der Waals surface area contributed by atoms with Crippen molar-refractivity contribution in [2.24, 2.45) is 0 Å². The third-order valence-electron chi connectivity index (χ3n) is 4.17. The van der Waals surface area contributed by atoms with E-state index in [-0.39, 0.29) is 84.3 Å². The van der Waals surface area contributed by atoms with Crippen LogP contribution in [0, 0.1) is 0 Å². The molecule has 0 aliphatic carbocycles. The van der Waals surface area contributed by atoms with Gasteiger partial charge in [-0.3, -0.25) is 9.80 Å². The molecule has 0 fully saturated rings. The number of carboxylic acids is 2. The van der Waals surface area contributed by atoms with Crippen molar-refractivity contribution in [2.45, 2.75) is 13.1 Å². The van der Waals surface area contributed by atoms with Crippen LogP contribution in [0.5, 0.6) is 11.5 Å². The fourth-order valence-electron chi connectivity index (χ4n) is 2.83. The van der Waals surface area contributed by atoms with Crippen molar-refractivity contribution in [1.29, 1.82) is 0 Å². The smallest absolute Gasteiger partial charge is 0.872 e. The number of carboxylic acid groups (broad SMARTS) is 2. The molecule has 8 nitrogen and oxygen atoms in total. The van der Waals surface area contributed by atoms with Crippen LogP contribution < -0.4 is 50.0 Å². The summed E-state index contributed by atoms with van der Waals surface area (Å²) in [6, 6.07) is 12.5. The molecule has 0 aliphatic rings. The zero-order chi connectivity index (χ0) is 20.5. The SMILES string of the molecule is O=C([O-])CN(CCN(CC(=O)[O-])Cc1ccccc1[O-])Cc1ccccc1[O-].[Fe+5].[Na+]. The monoisotopic (exact) mass is 463 g/mol. The molecule has 2 aromatic rings. The van der Waals surface area contributed by atoms with E-state index in [1.165, 1.54) is 21.9 Å². The molecular weight excluding hydrogens is 443 g/mol. The quantitative estimate of drug-likeness (QED) is 0.302. The van der Waals surface area contributed by atoms with E-state index in [0.29, 0.717) is 11.1 Å². The van der Waals surface area contributed by atoms with E-state index < -0.39 is 25.0 Å². The molecule has 1 radical (unpaired) electrons. The van der Waals surface area contributed by atoms with Gasteiger partial charge in [-0.2, -0.15) is 0 Å². The Morgan fingerprint density at radius 3 is 1.33 bits per heavy atom. The maximum atomic E-state index is 11.9. The number of nitrogens with zero attached hydrogens (tertiary/aromatic N) is 2. The minimum Gasteiger partial charge on any atom is -0.872 e. The summed E-state index contributed by atoms with van der Waals surface area (Å²) >= 11 is 0. The standard InChI is InChI=1S/C20H24N2O6.Fe.Na/c23-17-7-3-1-5-15(17)11-21(13-19(25)26)9-10-22(14-20(27)28)12-16-6-2-4-8-18(16)24;;/h1-8,23-24H,9-14H2,(H,25,26)(H,27,28);;/q;+5;+1/p-4. The Hall–Kier alpha value is -1.58. The largest absolute Gasteiger partial charge is 5.00 e. The van der Waals surface area contributed by atoms with Crippen LogP contribution in [0.4, 0.5) is 0 Å². The molecule has 0 aliphatic heterocycles. The number of aliphatic carboxylic acids is 2. The van der Waals surface area contributed by atoms with Crippen molar-refractivity contribution < 1.29 is 76.6 Å². The number of benzene rings is 2. The van der Waals surface area contributed by atoms with E-state index in [1.54, 1.807) is 36.4 Å². The van der Waals surface area contributed by atoms with E-state index in [0.717, 1.165) is 0 Å². The second-order valence-corrected chi connectivity index (χ2v) is 6.38. The minimum absolute atomic E-state index is 0. The van der Waals surface area contributed by atoms with Gasteiger partial charge in [-0.1, -0.05) is 48.5 Å². The second-order valence-electron chi connectivity index (χ2n) is 6.38.